The quantitative estimate of drug-likeness (QED) is 0.742. The molecule has 0 saturated heterocycles. The summed E-state index contributed by atoms with van der Waals surface area (Å²) in [7, 11) is 0. The highest BCUT2D eigenvalue weighted by Gasteiger charge is 2.08. The summed E-state index contributed by atoms with van der Waals surface area (Å²) in [5.74, 6) is -0.637. The number of ether oxygens (including phenoxy) is 1. The molecule has 70 valence electrons. The van der Waals surface area contributed by atoms with Gasteiger partial charge in [0.15, 0.2) is 0 Å². The van der Waals surface area contributed by atoms with E-state index in [9.17, 15) is 9.18 Å². The smallest absolute Gasteiger partial charge is 0.409 e. The molecule has 4 N–H and O–H groups in total. The first-order valence-electron chi connectivity index (χ1n) is 3.22. The molecule has 0 atom stereocenters. The molecule has 1 rings (SSSR count). The van der Waals surface area contributed by atoms with Crippen LogP contribution < -0.4 is 16.2 Å². The first-order chi connectivity index (χ1) is 6.00. The number of carbonyl (C=O) groups excluding carboxylic acids is 1. The number of primary amides is 1. The third-order valence-electron chi connectivity index (χ3n) is 1.25. The van der Waals surface area contributed by atoms with Crippen molar-refractivity contribution in [1.29, 1.82) is 0 Å². The van der Waals surface area contributed by atoms with Gasteiger partial charge in [-0.3, -0.25) is 0 Å². The normalized spacial score (nSPS) is 9.69. The van der Waals surface area contributed by atoms with Crippen molar-refractivity contribution in [2.24, 2.45) is 5.73 Å². The minimum atomic E-state index is -1.01. The fourth-order valence-electron chi connectivity index (χ4n) is 0.760. The van der Waals surface area contributed by atoms with Gasteiger partial charge in [0.1, 0.15) is 11.6 Å². The van der Waals surface area contributed by atoms with Gasteiger partial charge in [-0.25, -0.2) is 9.18 Å². The molecule has 1 aromatic rings. The molecule has 1 aromatic carbocycles. The van der Waals surface area contributed by atoms with Crippen LogP contribution in [0, 0.1) is 5.82 Å². The number of halogens is 2. The van der Waals surface area contributed by atoms with Gasteiger partial charge in [-0.2, -0.15) is 0 Å². The van der Waals surface area contributed by atoms with Crippen molar-refractivity contribution in [2.75, 3.05) is 5.73 Å². The highest BCUT2D eigenvalue weighted by molar-refractivity contribution is 9.10. The lowest BCUT2D eigenvalue weighted by atomic mass is 10.3. The van der Waals surface area contributed by atoms with E-state index in [1.807, 2.05) is 0 Å². The maximum Gasteiger partial charge on any atom is 0.409 e. The van der Waals surface area contributed by atoms with Gasteiger partial charge in [0.05, 0.1) is 10.2 Å². The van der Waals surface area contributed by atoms with Gasteiger partial charge >= 0.3 is 6.09 Å². The molecule has 0 fully saturated rings. The van der Waals surface area contributed by atoms with E-state index < -0.39 is 11.9 Å². The highest BCUT2D eigenvalue weighted by atomic mass is 79.9. The first kappa shape index (κ1) is 9.79. The molecule has 0 spiro atoms. The van der Waals surface area contributed by atoms with Gasteiger partial charge in [0.25, 0.3) is 0 Å². The van der Waals surface area contributed by atoms with Gasteiger partial charge in [-0.15, -0.1) is 0 Å². The summed E-state index contributed by atoms with van der Waals surface area (Å²) < 4.78 is 17.5. The molecule has 0 bridgehead atoms. The van der Waals surface area contributed by atoms with Crippen molar-refractivity contribution in [3.05, 3.63) is 22.4 Å². The summed E-state index contributed by atoms with van der Waals surface area (Å²) in [5, 5.41) is 0. The minimum Gasteiger partial charge on any atom is -0.410 e. The Morgan fingerprint density at radius 2 is 2.15 bits per heavy atom. The number of hydrogen-bond acceptors (Lipinski definition) is 3. The van der Waals surface area contributed by atoms with E-state index in [0.717, 1.165) is 6.07 Å². The van der Waals surface area contributed by atoms with Crippen LogP contribution in [0.15, 0.2) is 16.6 Å². The predicted octanol–water partition coefficient (Wildman–Crippen LogP) is 1.63. The van der Waals surface area contributed by atoms with E-state index in [2.05, 4.69) is 20.7 Å². The summed E-state index contributed by atoms with van der Waals surface area (Å²) in [6, 6.07) is 2.29. The molecule has 6 heteroatoms. The monoisotopic (exact) mass is 248 g/mol. The standard InChI is InChI=1S/C7H6BrFN2O2/c8-6-4(9)1-3(2-5(6)10)13-7(11)12/h1-2H,10H2,(H2,11,12). The molecular weight excluding hydrogens is 243 g/mol. The number of rotatable bonds is 1. The van der Waals surface area contributed by atoms with E-state index in [1.165, 1.54) is 6.07 Å². The van der Waals surface area contributed by atoms with Gasteiger partial charge in [-0.05, 0) is 15.9 Å². The molecule has 0 radical (unpaired) electrons. The van der Waals surface area contributed by atoms with Crippen molar-refractivity contribution in [3.63, 3.8) is 0 Å². The van der Waals surface area contributed by atoms with Gasteiger partial charge in [0.2, 0.25) is 0 Å². The SMILES string of the molecule is NC(=O)Oc1cc(N)c(Br)c(F)c1. The molecule has 4 nitrogen and oxygen atoms in total. The highest BCUT2D eigenvalue weighted by Crippen LogP contribution is 2.28. The van der Waals surface area contributed by atoms with E-state index >= 15 is 0 Å². The van der Waals surface area contributed by atoms with Gasteiger partial charge < -0.3 is 16.2 Å². The van der Waals surface area contributed by atoms with Crippen LogP contribution in [0.25, 0.3) is 0 Å². The fraction of sp³-hybridized carbons (Fsp3) is 0. The van der Waals surface area contributed by atoms with Crippen LogP contribution >= 0.6 is 15.9 Å². The Balaban J connectivity index is 3.06. The molecule has 0 saturated carbocycles. The molecule has 0 aliphatic heterocycles. The molecule has 0 aromatic heterocycles. The van der Waals surface area contributed by atoms with Crippen LogP contribution in [0.1, 0.15) is 0 Å². The van der Waals surface area contributed by atoms with E-state index in [4.69, 9.17) is 11.5 Å². The molecule has 0 unspecified atom stereocenters. The summed E-state index contributed by atoms with van der Waals surface area (Å²) in [6.07, 6.45) is -1.01. The average Bonchev–Trinajstić information content (AvgIpc) is 1.98. The Labute approximate surface area is 81.8 Å². The zero-order chi connectivity index (χ0) is 10.0. The van der Waals surface area contributed by atoms with Crippen molar-refractivity contribution in [2.45, 2.75) is 0 Å². The number of amides is 1. The van der Waals surface area contributed by atoms with Crippen LogP contribution in [0.4, 0.5) is 14.9 Å². The second-order valence-corrected chi connectivity index (χ2v) is 3.02. The van der Waals surface area contributed by atoms with Crippen LogP contribution in [0.2, 0.25) is 0 Å². The van der Waals surface area contributed by atoms with Crippen LogP contribution in [-0.4, -0.2) is 6.09 Å². The topological polar surface area (TPSA) is 78.3 Å². The van der Waals surface area contributed by atoms with Crippen molar-refractivity contribution >= 4 is 27.7 Å². The number of hydrogen-bond donors (Lipinski definition) is 2. The molecule has 13 heavy (non-hydrogen) atoms. The average molecular weight is 249 g/mol. The zero-order valence-corrected chi connectivity index (χ0v) is 7.97. The molecule has 1 amide bonds. The van der Waals surface area contributed by atoms with Crippen LogP contribution in [-0.2, 0) is 0 Å². The lowest BCUT2D eigenvalue weighted by Gasteiger charge is -2.04. The fourth-order valence-corrected chi connectivity index (χ4v) is 0.988. The Hall–Kier alpha value is -1.30. The summed E-state index contributed by atoms with van der Waals surface area (Å²) in [4.78, 5) is 10.3. The Morgan fingerprint density at radius 1 is 1.54 bits per heavy atom. The predicted molar refractivity (Wildman–Crippen MR) is 48.7 cm³/mol. The molecule has 0 aliphatic rings. The molecule has 0 aliphatic carbocycles. The largest absolute Gasteiger partial charge is 0.410 e. The summed E-state index contributed by atoms with van der Waals surface area (Å²) in [5.41, 5.74) is 10.2. The number of carbonyl (C=O) groups is 1. The van der Waals surface area contributed by atoms with E-state index in [-0.39, 0.29) is 15.9 Å². The van der Waals surface area contributed by atoms with Crippen molar-refractivity contribution in [1.82, 2.24) is 0 Å². The minimum absolute atomic E-state index is 0.0225. The molecular formula is C7H6BrFN2O2. The third-order valence-corrected chi connectivity index (χ3v) is 2.08. The van der Waals surface area contributed by atoms with E-state index in [0.29, 0.717) is 0 Å². The molecule has 0 heterocycles. The Bertz CT molecular complexity index is 333. The summed E-state index contributed by atoms with van der Waals surface area (Å²) >= 11 is 2.91. The number of benzene rings is 1. The maximum atomic E-state index is 12.9. The Kier molecular flexibility index (Phi) is 2.72. The second kappa shape index (κ2) is 3.61. The second-order valence-electron chi connectivity index (χ2n) is 2.23. The van der Waals surface area contributed by atoms with Crippen LogP contribution in [0.3, 0.4) is 0 Å². The van der Waals surface area contributed by atoms with E-state index in [1.54, 1.807) is 0 Å². The van der Waals surface area contributed by atoms with Gasteiger partial charge in [0, 0.05) is 12.1 Å². The zero-order valence-electron chi connectivity index (χ0n) is 6.38. The Morgan fingerprint density at radius 3 is 2.62 bits per heavy atom. The first-order valence-corrected chi connectivity index (χ1v) is 4.02. The summed E-state index contributed by atoms with van der Waals surface area (Å²) in [6.45, 7) is 0. The third kappa shape index (κ3) is 2.32. The lowest BCUT2D eigenvalue weighted by molar-refractivity contribution is 0.210. The number of nitrogens with two attached hydrogens (primary N) is 2. The lowest BCUT2D eigenvalue weighted by Crippen LogP contribution is -2.16. The van der Waals surface area contributed by atoms with Crippen molar-refractivity contribution in [3.8, 4) is 5.75 Å². The number of anilines is 1. The number of nitrogen functional groups attached to an aromatic ring is 1. The van der Waals surface area contributed by atoms with Gasteiger partial charge in [-0.1, -0.05) is 0 Å². The van der Waals surface area contributed by atoms with Crippen molar-refractivity contribution < 1.29 is 13.9 Å². The maximum absolute atomic E-state index is 12.9. The van der Waals surface area contributed by atoms with Crippen LogP contribution in [0.5, 0.6) is 5.75 Å².